The summed E-state index contributed by atoms with van der Waals surface area (Å²) in [5, 5.41) is 13.4. The third-order valence-electron chi connectivity index (χ3n) is 5.05. The van der Waals surface area contributed by atoms with Crippen LogP contribution >= 0.6 is 0 Å². The minimum absolute atomic E-state index is 0.357. The van der Waals surface area contributed by atoms with E-state index in [4.69, 9.17) is 4.74 Å². The van der Waals surface area contributed by atoms with Crippen LogP contribution in [0.5, 0.6) is 0 Å². The van der Waals surface area contributed by atoms with Gasteiger partial charge in [-0.1, -0.05) is 33.1 Å². The molecule has 0 amide bonds. The molecule has 0 saturated heterocycles. The molecule has 1 unspecified atom stereocenters. The van der Waals surface area contributed by atoms with E-state index in [0.29, 0.717) is 24.7 Å². The lowest BCUT2D eigenvalue weighted by Crippen LogP contribution is -2.36. The predicted molar refractivity (Wildman–Crippen MR) is 78.2 cm³/mol. The van der Waals surface area contributed by atoms with E-state index >= 15 is 0 Å². The van der Waals surface area contributed by atoms with Crippen molar-refractivity contribution in [1.29, 1.82) is 0 Å². The second kappa shape index (κ2) is 7.05. The first kappa shape index (κ1) is 15.3. The van der Waals surface area contributed by atoms with Gasteiger partial charge in [0.2, 0.25) is 0 Å². The summed E-state index contributed by atoms with van der Waals surface area (Å²) in [5.41, 5.74) is 0.518. The van der Waals surface area contributed by atoms with Crippen LogP contribution in [0.1, 0.15) is 58.8 Å². The third kappa shape index (κ3) is 4.73. The fraction of sp³-hybridized carbons (Fsp3) is 1.00. The molecule has 0 bridgehead atoms. The van der Waals surface area contributed by atoms with E-state index in [2.05, 4.69) is 19.2 Å². The SMILES string of the molecule is CC(C)C1(CNCC(O)COC2CCCCC2)CC1. The Bertz CT molecular complexity index is 257. The van der Waals surface area contributed by atoms with Crippen LogP contribution in [0.3, 0.4) is 0 Å². The van der Waals surface area contributed by atoms with Crippen molar-refractivity contribution in [3.05, 3.63) is 0 Å². The monoisotopic (exact) mass is 269 g/mol. The quantitative estimate of drug-likeness (QED) is 0.712. The summed E-state index contributed by atoms with van der Waals surface area (Å²) >= 11 is 0. The van der Waals surface area contributed by atoms with Crippen molar-refractivity contribution in [3.63, 3.8) is 0 Å². The Hall–Kier alpha value is -0.120. The number of nitrogens with one attached hydrogen (secondary N) is 1. The van der Waals surface area contributed by atoms with Gasteiger partial charge >= 0.3 is 0 Å². The average molecular weight is 269 g/mol. The van der Waals surface area contributed by atoms with Crippen LogP contribution in [0.4, 0.5) is 0 Å². The molecule has 1 atom stereocenters. The Morgan fingerprint density at radius 3 is 2.47 bits per heavy atom. The Balaban J connectivity index is 1.53. The molecule has 2 aliphatic carbocycles. The first-order valence-electron chi connectivity index (χ1n) is 8.13. The number of hydrogen-bond donors (Lipinski definition) is 2. The molecule has 2 aliphatic rings. The fourth-order valence-electron chi connectivity index (χ4n) is 3.14. The molecule has 3 heteroatoms. The zero-order valence-electron chi connectivity index (χ0n) is 12.7. The minimum atomic E-state index is -0.357. The Kier molecular flexibility index (Phi) is 5.67. The second-order valence-corrected chi connectivity index (χ2v) is 6.90. The minimum Gasteiger partial charge on any atom is -0.389 e. The highest BCUT2D eigenvalue weighted by atomic mass is 16.5. The van der Waals surface area contributed by atoms with Gasteiger partial charge in [0, 0.05) is 13.1 Å². The topological polar surface area (TPSA) is 41.5 Å². The molecule has 3 nitrogen and oxygen atoms in total. The maximum absolute atomic E-state index is 9.95. The molecule has 2 rings (SSSR count). The zero-order valence-corrected chi connectivity index (χ0v) is 12.7. The molecule has 0 aromatic heterocycles. The molecular weight excluding hydrogens is 238 g/mol. The summed E-state index contributed by atoms with van der Waals surface area (Å²) in [4.78, 5) is 0. The number of rotatable bonds is 8. The van der Waals surface area contributed by atoms with Gasteiger partial charge in [-0.05, 0) is 37.0 Å². The summed E-state index contributed by atoms with van der Waals surface area (Å²) in [6, 6.07) is 0. The molecule has 2 saturated carbocycles. The lowest BCUT2D eigenvalue weighted by Gasteiger charge is -2.24. The summed E-state index contributed by atoms with van der Waals surface area (Å²) in [7, 11) is 0. The molecular formula is C16H31NO2. The molecule has 0 spiro atoms. The number of ether oxygens (including phenoxy) is 1. The Morgan fingerprint density at radius 2 is 1.89 bits per heavy atom. The van der Waals surface area contributed by atoms with Crippen molar-refractivity contribution in [2.24, 2.45) is 11.3 Å². The van der Waals surface area contributed by atoms with Crippen LogP contribution in [0, 0.1) is 11.3 Å². The molecule has 2 N–H and O–H groups in total. The standard InChI is InChI=1S/C16H31NO2/c1-13(2)16(8-9-16)12-17-10-14(18)11-19-15-6-4-3-5-7-15/h13-15,17-18H,3-12H2,1-2H3. The smallest absolute Gasteiger partial charge is 0.0897 e. The molecule has 0 aromatic rings. The summed E-state index contributed by atoms with van der Waals surface area (Å²) < 4.78 is 5.80. The van der Waals surface area contributed by atoms with Crippen molar-refractivity contribution in [2.75, 3.05) is 19.7 Å². The lowest BCUT2D eigenvalue weighted by atomic mass is 9.92. The van der Waals surface area contributed by atoms with E-state index in [1.54, 1.807) is 0 Å². The van der Waals surface area contributed by atoms with Crippen LogP contribution in [0.25, 0.3) is 0 Å². The van der Waals surface area contributed by atoms with Crippen molar-refractivity contribution in [2.45, 2.75) is 71.0 Å². The van der Waals surface area contributed by atoms with E-state index in [0.717, 1.165) is 12.5 Å². The predicted octanol–water partition coefficient (Wildman–Crippen LogP) is 2.72. The third-order valence-corrected chi connectivity index (χ3v) is 5.05. The molecule has 19 heavy (non-hydrogen) atoms. The van der Waals surface area contributed by atoms with E-state index in [9.17, 15) is 5.11 Å². The van der Waals surface area contributed by atoms with Crippen LogP contribution in [0.15, 0.2) is 0 Å². The molecule has 2 fully saturated rings. The maximum Gasteiger partial charge on any atom is 0.0897 e. The van der Waals surface area contributed by atoms with E-state index in [-0.39, 0.29) is 6.10 Å². The molecule has 0 radical (unpaired) electrons. The molecule has 0 heterocycles. The van der Waals surface area contributed by atoms with Gasteiger partial charge in [0.15, 0.2) is 0 Å². The van der Waals surface area contributed by atoms with Gasteiger partial charge in [0.25, 0.3) is 0 Å². The molecule has 0 aliphatic heterocycles. The van der Waals surface area contributed by atoms with Gasteiger partial charge in [-0.15, -0.1) is 0 Å². The van der Waals surface area contributed by atoms with Gasteiger partial charge in [0.05, 0.1) is 18.8 Å². The van der Waals surface area contributed by atoms with E-state index in [1.165, 1.54) is 44.9 Å². The van der Waals surface area contributed by atoms with Gasteiger partial charge in [-0.3, -0.25) is 0 Å². The number of aliphatic hydroxyl groups excluding tert-OH is 1. The van der Waals surface area contributed by atoms with Crippen molar-refractivity contribution >= 4 is 0 Å². The first-order valence-corrected chi connectivity index (χ1v) is 8.13. The van der Waals surface area contributed by atoms with Crippen molar-refractivity contribution in [1.82, 2.24) is 5.32 Å². The second-order valence-electron chi connectivity index (χ2n) is 6.90. The molecule has 0 aromatic carbocycles. The normalized spacial score (nSPS) is 24.6. The summed E-state index contributed by atoms with van der Waals surface area (Å²) in [6.45, 7) is 6.81. The highest BCUT2D eigenvalue weighted by molar-refractivity contribution is 4.97. The lowest BCUT2D eigenvalue weighted by molar-refractivity contribution is -0.0233. The number of aliphatic hydroxyl groups is 1. The van der Waals surface area contributed by atoms with Crippen LogP contribution < -0.4 is 5.32 Å². The van der Waals surface area contributed by atoms with Gasteiger partial charge in [-0.2, -0.15) is 0 Å². The zero-order chi connectivity index (χ0) is 13.7. The Labute approximate surface area is 118 Å². The largest absolute Gasteiger partial charge is 0.389 e. The van der Waals surface area contributed by atoms with Gasteiger partial charge in [0.1, 0.15) is 0 Å². The van der Waals surface area contributed by atoms with Crippen LogP contribution in [-0.2, 0) is 4.74 Å². The first-order chi connectivity index (χ1) is 9.12. The summed E-state index contributed by atoms with van der Waals surface area (Å²) in [6.07, 6.45) is 9.00. The Morgan fingerprint density at radius 1 is 1.21 bits per heavy atom. The van der Waals surface area contributed by atoms with Crippen LogP contribution in [-0.4, -0.2) is 37.0 Å². The van der Waals surface area contributed by atoms with Crippen molar-refractivity contribution in [3.8, 4) is 0 Å². The summed E-state index contributed by atoms with van der Waals surface area (Å²) in [5.74, 6) is 0.746. The van der Waals surface area contributed by atoms with Crippen molar-refractivity contribution < 1.29 is 9.84 Å². The van der Waals surface area contributed by atoms with Crippen LogP contribution in [0.2, 0.25) is 0 Å². The van der Waals surface area contributed by atoms with E-state index in [1.807, 2.05) is 0 Å². The van der Waals surface area contributed by atoms with Gasteiger partial charge < -0.3 is 15.2 Å². The highest BCUT2D eigenvalue weighted by Gasteiger charge is 2.44. The molecule has 112 valence electrons. The number of hydrogen-bond acceptors (Lipinski definition) is 3. The average Bonchev–Trinajstić information content (AvgIpc) is 3.19. The fourth-order valence-corrected chi connectivity index (χ4v) is 3.14. The maximum atomic E-state index is 9.95. The van der Waals surface area contributed by atoms with Gasteiger partial charge in [-0.25, -0.2) is 0 Å². The highest BCUT2D eigenvalue weighted by Crippen LogP contribution is 2.51. The van der Waals surface area contributed by atoms with E-state index < -0.39 is 0 Å².